The van der Waals surface area contributed by atoms with E-state index in [1.807, 2.05) is 0 Å². The highest BCUT2D eigenvalue weighted by molar-refractivity contribution is 5.98. The Morgan fingerprint density at radius 2 is 1.86 bits per heavy atom. The number of primary amides is 1. The Morgan fingerprint density at radius 3 is 2.41 bits per heavy atom. The van der Waals surface area contributed by atoms with Crippen LogP contribution in [0.15, 0.2) is 36.4 Å². The Kier molecular flexibility index (Phi) is 4.07. The van der Waals surface area contributed by atoms with Crippen LogP contribution < -0.4 is 10.5 Å². The largest absolute Gasteiger partial charge is 0.495 e. The summed E-state index contributed by atoms with van der Waals surface area (Å²) in [6.45, 7) is 0. The van der Waals surface area contributed by atoms with E-state index in [1.165, 1.54) is 31.4 Å². The van der Waals surface area contributed by atoms with Crippen LogP contribution in [0.3, 0.4) is 0 Å². The van der Waals surface area contributed by atoms with Gasteiger partial charge in [-0.15, -0.1) is 0 Å². The Morgan fingerprint density at radius 1 is 1.18 bits per heavy atom. The van der Waals surface area contributed by atoms with Crippen LogP contribution in [0.2, 0.25) is 0 Å². The molecular formula is C15H11F4NO2. The molecule has 0 saturated heterocycles. The monoisotopic (exact) mass is 313 g/mol. The molecule has 2 N–H and O–H groups in total. The maximum Gasteiger partial charge on any atom is 0.419 e. The Hall–Kier alpha value is -2.57. The predicted octanol–water partition coefficient (Wildman–Crippen LogP) is 3.62. The first-order valence-electron chi connectivity index (χ1n) is 6.09. The fourth-order valence-electron chi connectivity index (χ4n) is 2.09. The van der Waals surface area contributed by atoms with E-state index >= 15 is 0 Å². The van der Waals surface area contributed by atoms with E-state index in [9.17, 15) is 22.4 Å². The van der Waals surface area contributed by atoms with E-state index in [0.717, 1.165) is 0 Å². The average Bonchev–Trinajstić information content (AvgIpc) is 2.45. The standard InChI is InChI=1S/C15H11F4NO2/c1-22-13-9(3-2-4-10(13)14(20)21)8-5-6-12(16)11(7-8)15(17,18)19/h2-7H,1H3,(H2,20,21). The van der Waals surface area contributed by atoms with Crippen molar-refractivity contribution in [3.63, 3.8) is 0 Å². The maximum absolute atomic E-state index is 13.3. The number of alkyl halides is 3. The van der Waals surface area contributed by atoms with Gasteiger partial charge in [-0.3, -0.25) is 4.79 Å². The number of hydrogen-bond donors (Lipinski definition) is 1. The lowest BCUT2D eigenvalue weighted by Crippen LogP contribution is -2.13. The third-order valence-corrected chi connectivity index (χ3v) is 3.07. The van der Waals surface area contributed by atoms with Crippen molar-refractivity contribution < 1.29 is 27.1 Å². The van der Waals surface area contributed by atoms with Crippen LogP contribution >= 0.6 is 0 Å². The van der Waals surface area contributed by atoms with E-state index in [-0.39, 0.29) is 22.4 Å². The van der Waals surface area contributed by atoms with Gasteiger partial charge in [-0.25, -0.2) is 4.39 Å². The van der Waals surface area contributed by atoms with Crippen LogP contribution in [0.25, 0.3) is 11.1 Å². The molecule has 0 aliphatic heterocycles. The van der Waals surface area contributed by atoms with Gasteiger partial charge in [-0.1, -0.05) is 18.2 Å². The van der Waals surface area contributed by atoms with Crippen LogP contribution in [0.1, 0.15) is 15.9 Å². The molecule has 0 unspecified atom stereocenters. The Bertz CT molecular complexity index is 726. The zero-order valence-electron chi connectivity index (χ0n) is 11.4. The van der Waals surface area contributed by atoms with E-state index in [2.05, 4.69) is 0 Å². The van der Waals surface area contributed by atoms with Gasteiger partial charge < -0.3 is 10.5 Å². The first-order chi connectivity index (χ1) is 10.3. The summed E-state index contributed by atoms with van der Waals surface area (Å²) in [6, 6.07) is 6.85. The quantitative estimate of drug-likeness (QED) is 0.880. The molecule has 22 heavy (non-hydrogen) atoms. The lowest BCUT2D eigenvalue weighted by atomic mass is 9.99. The summed E-state index contributed by atoms with van der Waals surface area (Å²) < 4.78 is 56.8. The zero-order chi connectivity index (χ0) is 16.5. The van der Waals surface area contributed by atoms with E-state index in [1.54, 1.807) is 0 Å². The molecule has 7 heteroatoms. The zero-order valence-corrected chi connectivity index (χ0v) is 11.4. The molecule has 3 nitrogen and oxygen atoms in total. The highest BCUT2D eigenvalue weighted by Gasteiger charge is 2.34. The summed E-state index contributed by atoms with van der Waals surface area (Å²) in [5.41, 5.74) is 4.11. The van der Waals surface area contributed by atoms with Crippen molar-refractivity contribution in [1.29, 1.82) is 0 Å². The number of nitrogens with two attached hydrogens (primary N) is 1. The van der Waals surface area contributed by atoms with E-state index < -0.39 is 23.5 Å². The van der Waals surface area contributed by atoms with E-state index in [4.69, 9.17) is 10.5 Å². The number of para-hydroxylation sites is 1. The number of benzene rings is 2. The smallest absolute Gasteiger partial charge is 0.419 e. The number of hydrogen-bond acceptors (Lipinski definition) is 2. The topological polar surface area (TPSA) is 52.3 Å². The highest BCUT2D eigenvalue weighted by atomic mass is 19.4. The Balaban J connectivity index is 2.68. The van der Waals surface area contributed by atoms with Crippen LogP contribution in [-0.4, -0.2) is 13.0 Å². The molecule has 0 heterocycles. The normalized spacial score (nSPS) is 11.3. The highest BCUT2D eigenvalue weighted by Crippen LogP contribution is 2.38. The summed E-state index contributed by atoms with van der Waals surface area (Å²) >= 11 is 0. The van der Waals surface area contributed by atoms with Gasteiger partial charge in [0.05, 0.1) is 18.2 Å². The molecule has 116 valence electrons. The van der Waals surface area contributed by atoms with Gasteiger partial charge in [0.25, 0.3) is 5.91 Å². The van der Waals surface area contributed by atoms with E-state index in [0.29, 0.717) is 12.1 Å². The molecule has 0 spiro atoms. The molecule has 0 saturated carbocycles. The third-order valence-electron chi connectivity index (χ3n) is 3.07. The molecule has 0 aliphatic rings. The summed E-state index contributed by atoms with van der Waals surface area (Å²) in [4.78, 5) is 11.3. The van der Waals surface area contributed by atoms with Gasteiger partial charge in [-0.2, -0.15) is 13.2 Å². The lowest BCUT2D eigenvalue weighted by molar-refractivity contribution is -0.139. The minimum atomic E-state index is -4.82. The van der Waals surface area contributed by atoms with Gasteiger partial charge in [0, 0.05) is 5.56 Å². The Labute approximate surface area is 123 Å². The SMILES string of the molecule is COc1c(C(N)=O)cccc1-c1ccc(F)c(C(F)(F)F)c1. The number of ether oxygens (including phenoxy) is 1. The minimum absolute atomic E-state index is 0.0258. The summed E-state index contributed by atoms with van der Waals surface area (Å²) in [6.07, 6.45) is -4.82. The summed E-state index contributed by atoms with van der Waals surface area (Å²) in [7, 11) is 1.26. The molecule has 1 amide bonds. The van der Waals surface area contributed by atoms with Crippen molar-refractivity contribution >= 4 is 5.91 Å². The van der Waals surface area contributed by atoms with Crippen molar-refractivity contribution in [2.45, 2.75) is 6.18 Å². The second kappa shape index (κ2) is 5.67. The second-order valence-electron chi connectivity index (χ2n) is 4.44. The van der Waals surface area contributed by atoms with Crippen molar-refractivity contribution in [2.75, 3.05) is 7.11 Å². The van der Waals surface area contributed by atoms with Gasteiger partial charge in [0.1, 0.15) is 11.6 Å². The third kappa shape index (κ3) is 2.88. The number of halogens is 4. The van der Waals surface area contributed by atoms with Crippen molar-refractivity contribution in [2.24, 2.45) is 5.73 Å². The van der Waals surface area contributed by atoms with Crippen LogP contribution in [0.5, 0.6) is 5.75 Å². The fourth-order valence-corrected chi connectivity index (χ4v) is 2.09. The molecule has 0 fully saturated rings. The molecule has 0 atom stereocenters. The first-order valence-corrected chi connectivity index (χ1v) is 6.09. The summed E-state index contributed by atoms with van der Waals surface area (Å²) in [5, 5.41) is 0. The predicted molar refractivity (Wildman–Crippen MR) is 71.9 cm³/mol. The second-order valence-corrected chi connectivity index (χ2v) is 4.44. The molecule has 0 aromatic heterocycles. The van der Waals surface area contributed by atoms with Crippen molar-refractivity contribution in [3.05, 3.63) is 53.3 Å². The molecule has 2 rings (SSSR count). The molecule has 0 bridgehead atoms. The van der Waals surface area contributed by atoms with Gasteiger partial charge in [0.2, 0.25) is 0 Å². The molecule has 2 aromatic carbocycles. The fraction of sp³-hybridized carbons (Fsp3) is 0.133. The van der Waals surface area contributed by atoms with Crippen LogP contribution in [-0.2, 0) is 6.18 Å². The van der Waals surface area contributed by atoms with Crippen LogP contribution in [0.4, 0.5) is 17.6 Å². The number of carbonyl (C=O) groups excluding carboxylic acids is 1. The first kappa shape index (κ1) is 15.8. The van der Waals surface area contributed by atoms with Crippen molar-refractivity contribution in [3.8, 4) is 16.9 Å². The average molecular weight is 313 g/mol. The lowest BCUT2D eigenvalue weighted by Gasteiger charge is -2.14. The van der Waals surface area contributed by atoms with Gasteiger partial charge in [0.15, 0.2) is 0 Å². The number of rotatable bonds is 3. The molecule has 2 aromatic rings. The molecule has 0 aliphatic carbocycles. The van der Waals surface area contributed by atoms with Gasteiger partial charge in [-0.05, 0) is 23.8 Å². The molecule has 0 radical (unpaired) electrons. The molecular weight excluding hydrogens is 302 g/mol. The number of methoxy groups -OCH3 is 1. The number of carbonyl (C=O) groups is 1. The minimum Gasteiger partial charge on any atom is -0.495 e. The van der Waals surface area contributed by atoms with Gasteiger partial charge >= 0.3 is 6.18 Å². The summed E-state index contributed by atoms with van der Waals surface area (Å²) in [5.74, 6) is -2.12. The van der Waals surface area contributed by atoms with Crippen LogP contribution in [0, 0.1) is 5.82 Å². The van der Waals surface area contributed by atoms with Crippen molar-refractivity contribution in [1.82, 2.24) is 0 Å². The maximum atomic E-state index is 13.3. The number of amides is 1.